The van der Waals surface area contributed by atoms with Crippen LogP contribution in [-0.4, -0.2) is 24.5 Å². The Bertz CT molecular complexity index is 308. The molecule has 0 bridgehead atoms. The maximum atomic E-state index is 13.0. The number of rotatable bonds is 3. The molecule has 0 aromatic heterocycles. The van der Waals surface area contributed by atoms with Crippen molar-refractivity contribution in [1.29, 1.82) is 0 Å². The first kappa shape index (κ1) is 10.7. The molecular formula is C7H7BF2O4. The lowest BCUT2D eigenvalue weighted by Crippen LogP contribution is -2.20. The van der Waals surface area contributed by atoms with Gasteiger partial charge in [-0.15, -0.1) is 0 Å². The zero-order chi connectivity index (χ0) is 10.7. The number of halogens is 2. The van der Waals surface area contributed by atoms with Crippen molar-refractivity contribution in [3.05, 3.63) is 23.8 Å². The number of hydrogen-bond donors (Lipinski definition) is 2. The Hall–Kier alpha value is -1.34. The standard InChI is InChI=1S/C7H7BF2O4/c1-13-7-5(9)2-4(3-6(7)10)14-8(11)12/h2-3,11-12H,1H3. The first-order chi connectivity index (χ1) is 6.54. The van der Waals surface area contributed by atoms with Crippen molar-refractivity contribution in [3.8, 4) is 11.5 Å². The van der Waals surface area contributed by atoms with Crippen LogP contribution in [0.1, 0.15) is 0 Å². The van der Waals surface area contributed by atoms with Gasteiger partial charge in [0, 0.05) is 12.1 Å². The largest absolute Gasteiger partial charge is 0.707 e. The normalized spacial score (nSPS) is 9.79. The van der Waals surface area contributed by atoms with Crippen LogP contribution in [0, 0.1) is 11.6 Å². The van der Waals surface area contributed by atoms with Crippen molar-refractivity contribution in [1.82, 2.24) is 0 Å². The zero-order valence-corrected chi connectivity index (χ0v) is 7.20. The summed E-state index contributed by atoms with van der Waals surface area (Å²) in [4.78, 5) is 0. The summed E-state index contributed by atoms with van der Waals surface area (Å²) in [6.45, 7) is 0. The minimum absolute atomic E-state index is 0.337. The molecule has 4 nitrogen and oxygen atoms in total. The molecule has 1 rings (SSSR count). The van der Waals surface area contributed by atoms with Crippen molar-refractivity contribution in [2.24, 2.45) is 0 Å². The van der Waals surface area contributed by atoms with Gasteiger partial charge in [-0.05, 0) is 0 Å². The molecule has 0 spiro atoms. The second-order valence-corrected chi connectivity index (χ2v) is 2.36. The molecular weight excluding hydrogens is 197 g/mol. The summed E-state index contributed by atoms with van der Waals surface area (Å²) in [7, 11) is -1.01. The maximum Gasteiger partial charge on any atom is 0.707 e. The molecule has 0 aliphatic rings. The van der Waals surface area contributed by atoms with Gasteiger partial charge in [0.05, 0.1) is 7.11 Å². The summed E-state index contributed by atoms with van der Waals surface area (Å²) >= 11 is 0. The van der Waals surface area contributed by atoms with Crippen LogP contribution >= 0.6 is 0 Å². The summed E-state index contributed by atoms with van der Waals surface area (Å²) in [5.74, 6) is -2.85. The van der Waals surface area contributed by atoms with Crippen LogP contribution in [0.5, 0.6) is 11.5 Å². The molecule has 0 unspecified atom stereocenters. The topological polar surface area (TPSA) is 58.9 Å². The predicted molar refractivity (Wildman–Crippen MR) is 43.7 cm³/mol. The van der Waals surface area contributed by atoms with Gasteiger partial charge in [0.15, 0.2) is 17.4 Å². The van der Waals surface area contributed by atoms with E-state index < -0.39 is 24.7 Å². The Morgan fingerprint density at radius 3 is 2.07 bits per heavy atom. The van der Waals surface area contributed by atoms with Crippen LogP contribution in [0.4, 0.5) is 8.78 Å². The molecule has 7 heteroatoms. The van der Waals surface area contributed by atoms with E-state index in [0.29, 0.717) is 0 Å². The van der Waals surface area contributed by atoms with E-state index in [-0.39, 0.29) is 5.75 Å². The molecule has 0 amide bonds. The molecule has 0 atom stereocenters. The molecule has 0 fully saturated rings. The van der Waals surface area contributed by atoms with Crippen molar-refractivity contribution in [2.75, 3.05) is 7.11 Å². The van der Waals surface area contributed by atoms with Crippen LogP contribution in [0.3, 0.4) is 0 Å². The third kappa shape index (κ3) is 2.33. The van der Waals surface area contributed by atoms with Crippen molar-refractivity contribution in [2.45, 2.75) is 0 Å². The molecule has 1 aromatic carbocycles. The molecule has 0 aliphatic carbocycles. The van der Waals surface area contributed by atoms with E-state index in [1.165, 1.54) is 0 Å². The summed E-state index contributed by atoms with van der Waals surface area (Å²) < 4.78 is 34.6. The Morgan fingerprint density at radius 2 is 1.71 bits per heavy atom. The van der Waals surface area contributed by atoms with Crippen LogP contribution in [0.25, 0.3) is 0 Å². The minimum atomic E-state index is -2.12. The highest BCUT2D eigenvalue weighted by atomic mass is 19.1. The molecule has 1 aromatic rings. The van der Waals surface area contributed by atoms with E-state index in [4.69, 9.17) is 10.0 Å². The lowest BCUT2D eigenvalue weighted by molar-refractivity contribution is 0.285. The smallest absolute Gasteiger partial charge is 0.512 e. The summed E-state index contributed by atoms with van der Waals surface area (Å²) in [5, 5.41) is 16.7. The molecule has 0 aliphatic heterocycles. The fraction of sp³-hybridized carbons (Fsp3) is 0.143. The predicted octanol–water partition coefficient (Wildman–Crippen LogP) is 0.322. The summed E-state index contributed by atoms with van der Waals surface area (Å²) in [6.07, 6.45) is 0. The Kier molecular flexibility index (Phi) is 3.26. The van der Waals surface area contributed by atoms with Crippen molar-refractivity contribution < 1.29 is 28.2 Å². The van der Waals surface area contributed by atoms with E-state index in [1.807, 2.05) is 0 Å². The monoisotopic (exact) mass is 204 g/mol. The van der Waals surface area contributed by atoms with E-state index in [9.17, 15) is 8.78 Å². The van der Waals surface area contributed by atoms with Crippen molar-refractivity contribution >= 4 is 7.32 Å². The summed E-state index contributed by atoms with van der Waals surface area (Å²) in [6, 6.07) is 1.56. The zero-order valence-electron chi connectivity index (χ0n) is 7.20. The summed E-state index contributed by atoms with van der Waals surface area (Å²) in [5.41, 5.74) is 0. The highest BCUT2D eigenvalue weighted by molar-refractivity contribution is 6.33. The minimum Gasteiger partial charge on any atom is -0.512 e. The Labute approximate surface area is 78.9 Å². The van der Waals surface area contributed by atoms with Gasteiger partial charge in [-0.3, -0.25) is 0 Å². The van der Waals surface area contributed by atoms with Gasteiger partial charge in [-0.1, -0.05) is 0 Å². The SMILES string of the molecule is COc1c(F)cc(OB(O)O)cc1F. The number of hydrogen-bond acceptors (Lipinski definition) is 4. The van der Waals surface area contributed by atoms with Crippen LogP contribution < -0.4 is 9.39 Å². The van der Waals surface area contributed by atoms with Gasteiger partial charge in [0.25, 0.3) is 0 Å². The lowest BCUT2D eigenvalue weighted by Gasteiger charge is -2.07. The molecule has 76 valence electrons. The van der Waals surface area contributed by atoms with Crippen LogP contribution in [0.2, 0.25) is 0 Å². The average Bonchev–Trinajstić information content (AvgIpc) is 2.01. The molecule has 0 saturated carbocycles. The molecule has 0 saturated heterocycles. The Balaban J connectivity index is 3.01. The number of ether oxygens (including phenoxy) is 1. The third-order valence-electron chi connectivity index (χ3n) is 1.42. The first-order valence-corrected chi connectivity index (χ1v) is 3.60. The number of benzene rings is 1. The van der Waals surface area contributed by atoms with Crippen LogP contribution in [-0.2, 0) is 0 Å². The average molecular weight is 204 g/mol. The van der Waals surface area contributed by atoms with Gasteiger partial charge < -0.3 is 19.4 Å². The van der Waals surface area contributed by atoms with E-state index in [0.717, 1.165) is 19.2 Å². The quantitative estimate of drug-likeness (QED) is 0.696. The first-order valence-electron chi connectivity index (χ1n) is 3.60. The van der Waals surface area contributed by atoms with Crippen LogP contribution in [0.15, 0.2) is 12.1 Å². The third-order valence-corrected chi connectivity index (χ3v) is 1.42. The van der Waals surface area contributed by atoms with Gasteiger partial charge in [-0.25, -0.2) is 8.78 Å². The van der Waals surface area contributed by atoms with Gasteiger partial charge in [0.2, 0.25) is 0 Å². The highest BCUT2D eigenvalue weighted by Crippen LogP contribution is 2.26. The molecule has 14 heavy (non-hydrogen) atoms. The fourth-order valence-corrected chi connectivity index (χ4v) is 0.921. The van der Waals surface area contributed by atoms with E-state index >= 15 is 0 Å². The second-order valence-electron chi connectivity index (χ2n) is 2.36. The highest BCUT2D eigenvalue weighted by Gasteiger charge is 2.16. The Morgan fingerprint density at radius 1 is 1.21 bits per heavy atom. The molecule has 0 radical (unpaired) electrons. The van der Waals surface area contributed by atoms with E-state index in [2.05, 4.69) is 9.39 Å². The maximum absolute atomic E-state index is 13.0. The van der Waals surface area contributed by atoms with E-state index in [1.54, 1.807) is 0 Å². The fourth-order valence-electron chi connectivity index (χ4n) is 0.921. The van der Waals surface area contributed by atoms with Gasteiger partial charge >= 0.3 is 7.32 Å². The van der Waals surface area contributed by atoms with Gasteiger partial charge in [-0.2, -0.15) is 0 Å². The van der Waals surface area contributed by atoms with Gasteiger partial charge in [0.1, 0.15) is 5.75 Å². The number of methoxy groups -OCH3 is 1. The molecule has 0 heterocycles. The lowest BCUT2D eigenvalue weighted by atomic mass is 10.2. The molecule has 2 N–H and O–H groups in total. The van der Waals surface area contributed by atoms with Crippen molar-refractivity contribution in [3.63, 3.8) is 0 Å². The second kappa shape index (κ2) is 4.25.